The highest BCUT2D eigenvalue weighted by molar-refractivity contribution is 4.57. The molecule has 4 heteroatoms. The fraction of sp³-hybridized carbons (Fsp3) is 1.00. The summed E-state index contributed by atoms with van der Waals surface area (Å²) < 4.78 is 5.47. The maximum absolute atomic E-state index is 9.61. The van der Waals surface area contributed by atoms with E-state index >= 15 is 0 Å². The van der Waals surface area contributed by atoms with E-state index in [2.05, 4.69) is 12.2 Å². The molecule has 0 saturated carbocycles. The molecular formula is C20H43NO3. The molecule has 0 aromatic rings. The largest absolute Gasteiger partial charge is 0.395 e. The average Bonchev–Trinajstić information content (AvgIpc) is 2.58. The van der Waals surface area contributed by atoms with Crippen molar-refractivity contribution in [3.05, 3.63) is 0 Å². The Balaban J connectivity index is 3.05. The molecule has 1 atom stereocenters. The topological polar surface area (TPSA) is 61.7 Å². The van der Waals surface area contributed by atoms with E-state index in [1.165, 1.54) is 77.0 Å². The van der Waals surface area contributed by atoms with E-state index in [1.807, 2.05) is 0 Å². The first kappa shape index (κ1) is 23.8. The average molecular weight is 346 g/mol. The molecule has 3 N–H and O–H groups in total. The molecule has 24 heavy (non-hydrogen) atoms. The van der Waals surface area contributed by atoms with Gasteiger partial charge in [0.1, 0.15) is 0 Å². The van der Waals surface area contributed by atoms with Crippen LogP contribution < -0.4 is 5.32 Å². The second-order valence-electron chi connectivity index (χ2n) is 6.90. The van der Waals surface area contributed by atoms with Crippen molar-refractivity contribution in [1.82, 2.24) is 5.32 Å². The maximum atomic E-state index is 9.61. The van der Waals surface area contributed by atoms with Crippen LogP contribution in [0.2, 0.25) is 0 Å². The van der Waals surface area contributed by atoms with Crippen LogP contribution in [0.5, 0.6) is 0 Å². The fourth-order valence-corrected chi connectivity index (χ4v) is 2.85. The Morgan fingerprint density at radius 3 is 1.79 bits per heavy atom. The first-order chi connectivity index (χ1) is 11.8. The van der Waals surface area contributed by atoms with E-state index in [4.69, 9.17) is 9.84 Å². The molecule has 0 aromatic heterocycles. The summed E-state index contributed by atoms with van der Waals surface area (Å²) >= 11 is 0. The van der Waals surface area contributed by atoms with Crippen molar-refractivity contribution in [3.8, 4) is 0 Å². The second-order valence-corrected chi connectivity index (χ2v) is 6.90. The summed E-state index contributed by atoms with van der Waals surface area (Å²) in [5.41, 5.74) is 0. The van der Waals surface area contributed by atoms with E-state index in [0.717, 1.165) is 13.0 Å². The minimum absolute atomic E-state index is 0.104. The lowest BCUT2D eigenvalue weighted by molar-refractivity contribution is 0.0350. The third-order valence-corrected chi connectivity index (χ3v) is 4.37. The highest BCUT2D eigenvalue weighted by Crippen LogP contribution is 2.12. The van der Waals surface area contributed by atoms with Gasteiger partial charge in [-0.2, -0.15) is 0 Å². The molecule has 0 rings (SSSR count). The lowest BCUT2D eigenvalue weighted by Gasteiger charge is -2.11. The van der Waals surface area contributed by atoms with Gasteiger partial charge < -0.3 is 20.3 Å². The number of ether oxygens (including phenoxy) is 1. The molecule has 0 bridgehead atoms. The fourth-order valence-electron chi connectivity index (χ4n) is 2.85. The van der Waals surface area contributed by atoms with Gasteiger partial charge in [-0.15, -0.1) is 0 Å². The molecular weight excluding hydrogens is 302 g/mol. The first-order valence-electron chi connectivity index (χ1n) is 10.4. The van der Waals surface area contributed by atoms with Crippen LogP contribution in [-0.4, -0.2) is 49.2 Å². The van der Waals surface area contributed by atoms with Crippen molar-refractivity contribution in [3.63, 3.8) is 0 Å². The Morgan fingerprint density at radius 2 is 1.29 bits per heavy atom. The van der Waals surface area contributed by atoms with E-state index in [-0.39, 0.29) is 6.61 Å². The van der Waals surface area contributed by atoms with Crippen molar-refractivity contribution in [2.75, 3.05) is 32.9 Å². The predicted octanol–water partition coefficient (Wildman–Crippen LogP) is 4.04. The van der Waals surface area contributed by atoms with Gasteiger partial charge in [0.15, 0.2) is 0 Å². The van der Waals surface area contributed by atoms with Crippen molar-refractivity contribution >= 4 is 0 Å². The Bertz CT molecular complexity index is 227. The zero-order chi connectivity index (χ0) is 17.7. The number of nitrogens with one attached hydrogen (secondary N) is 1. The maximum Gasteiger partial charge on any atom is 0.0897 e. The van der Waals surface area contributed by atoms with Crippen LogP contribution in [0.1, 0.15) is 90.4 Å². The lowest BCUT2D eigenvalue weighted by atomic mass is 10.0. The van der Waals surface area contributed by atoms with E-state index in [9.17, 15) is 5.11 Å². The molecule has 0 amide bonds. The Hall–Kier alpha value is -0.160. The predicted molar refractivity (Wildman–Crippen MR) is 102 cm³/mol. The summed E-state index contributed by atoms with van der Waals surface area (Å²) in [5, 5.41) is 21.2. The van der Waals surface area contributed by atoms with E-state index < -0.39 is 6.10 Å². The Morgan fingerprint density at radius 1 is 0.792 bits per heavy atom. The van der Waals surface area contributed by atoms with Crippen molar-refractivity contribution in [2.24, 2.45) is 0 Å². The first-order valence-corrected chi connectivity index (χ1v) is 10.4. The summed E-state index contributed by atoms with van der Waals surface area (Å²) in [6.07, 6.45) is 17.2. The molecule has 0 radical (unpaired) electrons. The molecule has 4 nitrogen and oxygen atoms in total. The van der Waals surface area contributed by atoms with Crippen molar-refractivity contribution in [1.29, 1.82) is 0 Å². The number of aliphatic hydroxyl groups excluding tert-OH is 2. The summed E-state index contributed by atoms with van der Waals surface area (Å²) in [4.78, 5) is 0. The highest BCUT2D eigenvalue weighted by Gasteiger charge is 2.02. The lowest BCUT2D eigenvalue weighted by Crippen LogP contribution is -2.32. The summed E-state index contributed by atoms with van der Waals surface area (Å²) in [6.45, 7) is 4.51. The van der Waals surface area contributed by atoms with Gasteiger partial charge in [0.05, 0.1) is 19.3 Å². The number of rotatable bonds is 20. The van der Waals surface area contributed by atoms with Crippen LogP contribution in [0.25, 0.3) is 0 Å². The van der Waals surface area contributed by atoms with Crippen molar-refractivity contribution < 1.29 is 14.9 Å². The van der Waals surface area contributed by atoms with Gasteiger partial charge in [0.2, 0.25) is 0 Å². The number of unbranched alkanes of at least 4 members (excludes halogenated alkanes) is 12. The molecule has 0 saturated heterocycles. The normalized spacial score (nSPS) is 12.6. The van der Waals surface area contributed by atoms with Crippen LogP contribution in [0.3, 0.4) is 0 Å². The summed E-state index contributed by atoms with van der Waals surface area (Å²) in [7, 11) is 0. The monoisotopic (exact) mass is 345 g/mol. The molecule has 146 valence electrons. The van der Waals surface area contributed by atoms with Gasteiger partial charge in [-0.3, -0.25) is 0 Å². The van der Waals surface area contributed by atoms with Crippen LogP contribution >= 0.6 is 0 Å². The molecule has 0 spiro atoms. The quantitative estimate of drug-likeness (QED) is 0.291. The molecule has 0 heterocycles. The molecule has 0 aliphatic heterocycles. The zero-order valence-electron chi connectivity index (χ0n) is 16.1. The van der Waals surface area contributed by atoms with Crippen LogP contribution in [-0.2, 0) is 4.74 Å². The van der Waals surface area contributed by atoms with Gasteiger partial charge in [-0.05, 0) is 6.42 Å². The number of aliphatic hydroxyl groups is 2. The van der Waals surface area contributed by atoms with Gasteiger partial charge in [0, 0.05) is 19.7 Å². The molecule has 1 unspecified atom stereocenters. The van der Waals surface area contributed by atoms with Gasteiger partial charge in [0.25, 0.3) is 0 Å². The number of hydrogen-bond acceptors (Lipinski definition) is 4. The second kappa shape index (κ2) is 20.9. The SMILES string of the molecule is CCCCCCCCCCCCCCCOCC(O)CNCCO. The van der Waals surface area contributed by atoms with Crippen LogP contribution in [0.15, 0.2) is 0 Å². The van der Waals surface area contributed by atoms with E-state index in [1.54, 1.807) is 0 Å². The van der Waals surface area contributed by atoms with Crippen molar-refractivity contribution in [2.45, 2.75) is 96.5 Å². The Labute approximate surface area is 150 Å². The summed E-state index contributed by atoms with van der Waals surface area (Å²) in [6, 6.07) is 0. The van der Waals surface area contributed by atoms with Gasteiger partial charge >= 0.3 is 0 Å². The van der Waals surface area contributed by atoms with Crippen LogP contribution in [0.4, 0.5) is 0 Å². The number of hydrogen-bond donors (Lipinski definition) is 3. The molecule has 0 aliphatic carbocycles. The molecule has 0 aromatic carbocycles. The van der Waals surface area contributed by atoms with Crippen LogP contribution in [0, 0.1) is 0 Å². The van der Waals surface area contributed by atoms with Gasteiger partial charge in [-0.25, -0.2) is 0 Å². The smallest absolute Gasteiger partial charge is 0.0897 e. The summed E-state index contributed by atoms with van der Waals surface area (Å²) in [5.74, 6) is 0. The van der Waals surface area contributed by atoms with E-state index in [0.29, 0.717) is 19.7 Å². The standard InChI is InChI=1S/C20H43NO3/c1-2-3-4-5-6-7-8-9-10-11-12-13-14-17-24-19-20(23)18-21-15-16-22/h20-23H,2-19H2,1H3. The highest BCUT2D eigenvalue weighted by atomic mass is 16.5. The molecule has 0 fully saturated rings. The Kier molecular flexibility index (Phi) is 20.7. The van der Waals surface area contributed by atoms with Gasteiger partial charge in [-0.1, -0.05) is 84.0 Å². The molecule has 0 aliphatic rings. The third-order valence-electron chi connectivity index (χ3n) is 4.37. The minimum atomic E-state index is -0.474. The zero-order valence-corrected chi connectivity index (χ0v) is 16.1. The third kappa shape index (κ3) is 19.9. The minimum Gasteiger partial charge on any atom is -0.395 e.